The molecule has 1 heterocycles. The number of pyridine rings is 1. The van der Waals surface area contributed by atoms with Gasteiger partial charge in [-0.15, -0.1) is 0 Å². The first-order valence-electron chi connectivity index (χ1n) is 5.24. The van der Waals surface area contributed by atoms with Crippen LogP contribution in [-0.2, 0) is 15.7 Å². The largest absolute Gasteiger partial charge is 0.472 e. The summed E-state index contributed by atoms with van der Waals surface area (Å²) in [5.74, 6) is -0.0664. The second-order valence-electron chi connectivity index (χ2n) is 3.67. The Hall–Kier alpha value is -1.30. The molecule has 0 amide bonds. The van der Waals surface area contributed by atoms with Crippen molar-refractivity contribution in [2.24, 2.45) is 0 Å². The van der Waals surface area contributed by atoms with Crippen molar-refractivity contribution < 1.29 is 13.2 Å². The van der Waals surface area contributed by atoms with Crippen molar-refractivity contribution in [1.29, 1.82) is 0 Å². The second-order valence-corrected chi connectivity index (χ2v) is 6.64. The number of hydrogen-bond donors (Lipinski definition) is 0. The van der Waals surface area contributed by atoms with E-state index in [1.54, 1.807) is 0 Å². The quantitative estimate of drug-likeness (QED) is 0.812. The zero-order valence-corrected chi connectivity index (χ0v) is 11.9. The molecule has 1 aromatic heterocycles. The predicted octanol–water partition coefficient (Wildman–Crippen LogP) is 3.24. The van der Waals surface area contributed by atoms with Crippen LogP contribution in [0.5, 0.6) is 5.88 Å². The second kappa shape index (κ2) is 5.77. The highest BCUT2D eigenvalue weighted by Crippen LogP contribution is 2.27. The minimum Gasteiger partial charge on any atom is -0.472 e. The predicted molar refractivity (Wildman–Crippen MR) is 73.1 cm³/mol. The van der Waals surface area contributed by atoms with Crippen LogP contribution in [-0.4, -0.2) is 13.4 Å². The molecule has 2 aromatic rings. The summed E-state index contributed by atoms with van der Waals surface area (Å²) in [6.07, 6.45) is 1.30. The first-order chi connectivity index (χ1) is 8.97. The van der Waals surface area contributed by atoms with Crippen molar-refractivity contribution in [2.45, 2.75) is 11.5 Å². The van der Waals surface area contributed by atoms with Crippen LogP contribution in [0.1, 0.15) is 5.56 Å². The Morgan fingerprint density at radius 1 is 1.21 bits per heavy atom. The van der Waals surface area contributed by atoms with Gasteiger partial charge in [-0.25, -0.2) is 13.4 Å². The molecule has 0 aliphatic rings. The van der Waals surface area contributed by atoms with Crippen LogP contribution < -0.4 is 4.74 Å². The molecular formula is C12H9Cl2NO3S. The highest BCUT2D eigenvalue weighted by Gasteiger charge is 2.19. The third-order valence-corrected chi connectivity index (χ3v) is 3.79. The lowest BCUT2D eigenvalue weighted by molar-refractivity contribution is 0.285. The molecule has 0 spiro atoms. The average Bonchev–Trinajstić information content (AvgIpc) is 2.37. The lowest BCUT2D eigenvalue weighted by atomic mass is 10.2. The Morgan fingerprint density at radius 3 is 2.53 bits per heavy atom. The Bertz CT molecular complexity index is 675. The fraction of sp³-hybridized carbons (Fsp3) is 0.0833. The lowest BCUT2D eigenvalue weighted by Crippen LogP contribution is -2.02. The molecule has 0 N–H and O–H groups in total. The van der Waals surface area contributed by atoms with E-state index in [1.807, 2.05) is 30.3 Å². The first-order valence-corrected chi connectivity index (χ1v) is 7.92. The standard InChI is InChI=1S/C12H9Cl2NO3S/c13-10-6-11(19(14,16)17)12(15-7-10)18-8-9-4-2-1-3-5-9/h1-7H,8H2. The van der Waals surface area contributed by atoms with Crippen molar-refractivity contribution in [3.63, 3.8) is 0 Å². The summed E-state index contributed by atoms with van der Waals surface area (Å²) >= 11 is 5.70. The number of benzene rings is 1. The van der Waals surface area contributed by atoms with Crippen LogP contribution in [0.15, 0.2) is 47.5 Å². The highest BCUT2D eigenvalue weighted by molar-refractivity contribution is 8.13. The smallest absolute Gasteiger partial charge is 0.266 e. The first kappa shape index (κ1) is 14.1. The molecular weight excluding hydrogens is 309 g/mol. The highest BCUT2D eigenvalue weighted by atomic mass is 35.7. The number of aromatic nitrogens is 1. The topological polar surface area (TPSA) is 56.3 Å². The van der Waals surface area contributed by atoms with Gasteiger partial charge in [-0.05, 0) is 11.6 Å². The molecule has 0 aliphatic heterocycles. The van der Waals surface area contributed by atoms with Gasteiger partial charge in [0.05, 0.1) is 5.02 Å². The van der Waals surface area contributed by atoms with Crippen molar-refractivity contribution in [3.05, 3.63) is 53.2 Å². The summed E-state index contributed by atoms with van der Waals surface area (Å²) in [4.78, 5) is 3.60. The summed E-state index contributed by atoms with van der Waals surface area (Å²) in [7, 11) is 1.35. The summed E-state index contributed by atoms with van der Waals surface area (Å²) in [5.41, 5.74) is 0.886. The molecule has 7 heteroatoms. The molecule has 0 aliphatic carbocycles. The zero-order chi connectivity index (χ0) is 13.9. The number of hydrogen-bond acceptors (Lipinski definition) is 4. The van der Waals surface area contributed by atoms with Crippen molar-refractivity contribution in [1.82, 2.24) is 4.98 Å². The molecule has 0 fully saturated rings. The Morgan fingerprint density at radius 2 is 1.89 bits per heavy atom. The van der Waals surface area contributed by atoms with E-state index in [0.29, 0.717) is 0 Å². The molecule has 100 valence electrons. The Balaban J connectivity index is 2.26. The number of halogens is 2. The van der Waals surface area contributed by atoms with E-state index < -0.39 is 9.05 Å². The molecule has 0 saturated carbocycles. The summed E-state index contributed by atoms with van der Waals surface area (Å²) < 4.78 is 28.2. The van der Waals surface area contributed by atoms with E-state index in [2.05, 4.69) is 4.98 Å². The van der Waals surface area contributed by atoms with Gasteiger partial charge in [0.25, 0.3) is 9.05 Å². The maximum atomic E-state index is 11.4. The zero-order valence-electron chi connectivity index (χ0n) is 9.58. The third kappa shape index (κ3) is 3.83. The van der Waals surface area contributed by atoms with E-state index in [1.165, 1.54) is 12.3 Å². The molecule has 0 bridgehead atoms. The van der Waals surface area contributed by atoms with Crippen LogP contribution in [0.25, 0.3) is 0 Å². The van der Waals surface area contributed by atoms with Crippen LogP contribution in [0.4, 0.5) is 0 Å². The SMILES string of the molecule is O=S(=O)(Cl)c1cc(Cl)cnc1OCc1ccccc1. The van der Waals surface area contributed by atoms with Crippen LogP contribution in [0.2, 0.25) is 5.02 Å². The van der Waals surface area contributed by atoms with Gasteiger partial charge < -0.3 is 4.74 Å². The van der Waals surface area contributed by atoms with Gasteiger partial charge in [-0.2, -0.15) is 0 Å². The van der Waals surface area contributed by atoms with E-state index >= 15 is 0 Å². The van der Waals surface area contributed by atoms with Gasteiger partial charge in [0.2, 0.25) is 5.88 Å². The van der Waals surface area contributed by atoms with E-state index in [4.69, 9.17) is 27.0 Å². The van der Waals surface area contributed by atoms with Crippen LogP contribution in [0, 0.1) is 0 Å². The minimum absolute atomic E-state index is 0.0664. The molecule has 19 heavy (non-hydrogen) atoms. The molecule has 0 radical (unpaired) electrons. The van der Waals surface area contributed by atoms with Gasteiger partial charge >= 0.3 is 0 Å². The van der Waals surface area contributed by atoms with Gasteiger partial charge in [-0.3, -0.25) is 0 Å². The van der Waals surface area contributed by atoms with Crippen LogP contribution >= 0.6 is 22.3 Å². The van der Waals surface area contributed by atoms with Crippen LogP contribution in [0.3, 0.4) is 0 Å². The third-order valence-electron chi connectivity index (χ3n) is 2.27. The van der Waals surface area contributed by atoms with E-state index in [0.717, 1.165) is 5.56 Å². The molecule has 1 aromatic carbocycles. The number of rotatable bonds is 4. The number of nitrogens with zero attached hydrogens (tertiary/aromatic N) is 1. The van der Waals surface area contributed by atoms with Gasteiger partial charge in [0.1, 0.15) is 11.5 Å². The van der Waals surface area contributed by atoms with Crippen molar-refractivity contribution >= 4 is 31.3 Å². The van der Waals surface area contributed by atoms with Gasteiger partial charge in [0.15, 0.2) is 0 Å². The lowest BCUT2D eigenvalue weighted by Gasteiger charge is -2.08. The molecule has 2 rings (SSSR count). The minimum atomic E-state index is -3.96. The van der Waals surface area contributed by atoms with Crippen molar-refractivity contribution in [2.75, 3.05) is 0 Å². The Labute approximate surface area is 120 Å². The molecule has 0 saturated heterocycles. The summed E-state index contributed by atoms with van der Waals surface area (Å²) in [6, 6.07) is 10.5. The van der Waals surface area contributed by atoms with Crippen molar-refractivity contribution in [3.8, 4) is 5.88 Å². The maximum Gasteiger partial charge on any atom is 0.266 e. The molecule has 4 nitrogen and oxygen atoms in total. The Kier molecular flexibility index (Phi) is 4.29. The normalized spacial score (nSPS) is 11.3. The molecule has 0 atom stereocenters. The van der Waals surface area contributed by atoms with E-state index in [-0.39, 0.29) is 22.4 Å². The van der Waals surface area contributed by atoms with Gasteiger partial charge in [-0.1, -0.05) is 41.9 Å². The molecule has 0 unspecified atom stereocenters. The number of ether oxygens (including phenoxy) is 1. The average molecular weight is 318 g/mol. The van der Waals surface area contributed by atoms with Gasteiger partial charge in [0, 0.05) is 16.9 Å². The maximum absolute atomic E-state index is 11.4. The van der Waals surface area contributed by atoms with E-state index in [9.17, 15) is 8.42 Å². The fourth-order valence-corrected chi connectivity index (χ4v) is 2.56. The summed E-state index contributed by atoms with van der Waals surface area (Å²) in [6.45, 7) is 0.189. The summed E-state index contributed by atoms with van der Waals surface area (Å²) in [5, 5.41) is 0.172. The fourth-order valence-electron chi connectivity index (χ4n) is 1.42. The monoisotopic (exact) mass is 317 g/mol.